The van der Waals surface area contributed by atoms with Gasteiger partial charge in [0.15, 0.2) is 0 Å². The molecule has 0 radical (unpaired) electrons. The van der Waals surface area contributed by atoms with Gasteiger partial charge >= 0.3 is 11.9 Å². The van der Waals surface area contributed by atoms with Gasteiger partial charge in [-0.3, -0.25) is 9.88 Å². The van der Waals surface area contributed by atoms with Crippen molar-refractivity contribution in [2.24, 2.45) is 5.73 Å². The number of nitrogens with two attached hydrogens (primary N) is 1. The second-order valence-corrected chi connectivity index (χ2v) is 9.31. The van der Waals surface area contributed by atoms with E-state index in [0.29, 0.717) is 6.04 Å². The summed E-state index contributed by atoms with van der Waals surface area (Å²) in [6.07, 6.45) is 7.61. The molecule has 5 rings (SSSR count). The molecule has 0 spiro atoms. The number of nitrogens with one attached hydrogen (secondary N) is 1. The molecule has 0 saturated heterocycles. The molecule has 0 fully saturated rings. The van der Waals surface area contributed by atoms with Crippen LogP contribution < -0.4 is 5.73 Å². The normalized spacial score (nSPS) is 14.5. The first-order chi connectivity index (χ1) is 18.5. The number of hydrogen-bond acceptors (Lipinski definition) is 6. The minimum Gasteiger partial charge on any atom is -0.478 e. The maximum absolute atomic E-state index is 10.3. The number of fused-ring (bicyclic) bond motifs is 2. The highest BCUT2D eigenvalue weighted by Gasteiger charge is 2.27. The van der Waals surface area contributed by atoms with Crippen molar-refractivity contribution < 1.29 is 19.8 Å². The number of nitrogens with zero attached hydrogens (tertiary/aromatic N) is 3. The molecule has 2 heterocycles. The number of imidazole rings is 1. The Balaban J connectivity index is 0.000000236. The Morgan fingerprint density at radius 1 is 0.974 bits per heavy atom. The molecule has 1 atom stereocenters. The highest BCUT2D eigenvalue weighted by molar-refractivity contribution is 5.91. The Hall–Kier alpha value is -4.08. The zero-order valence-electron chi connectivity index (χ0n) is 21.2. The van der Waals surface area contributed by atoms with Crippen LogP contribution in [0.1, 0.15) is 69.5 Å². The Bertz CT molecular complexity index is 1300. The third kappa shape index (κ3) is 6.81. The molecule has 4 aromatic rings. The monoisotopic (exact) mass is 515 g/mol. The molecule has 38 heavy (non-hydrogen) atoms. The molecule has 1 unspecified atom stereocenters. The number of hydrogen-bond donors (Lipinski definition) is 4. The summed E-state index contributed by atoms with van der Waals surface area (Å²) in [5, 5.41) is 16.9. The molecule has 2 aromatic carbocycles. The smallest absolute Gasteiger partial charge is 0.335 e. The standard InChI is InChI=1S/C21H27N5.C8H6O4/c22-12-3-4-14-26(15-20-24-17-9-1-2-10-18(17)25-20)19-11-5-7-16-8-6-13-23-21(16)19;9-7(10)5-1-2-6(4-3-5)8(11)12/h1-2,6,8-10,13,19H,3-5,7,11-12,14-15,22H2,(H,24,25);1-4H,(H,9,10)(H,11,12). The van der Waals surface area contributed by atoms with Gasteiger partial charge in [-0.15, -0.1) is 0 Å². The Morgan fingerprint density at radius 2 is 1.68 bits per heavy atom. The van der Waals surface area contributed by atoms with Crippen molar-refractivity contribution in [3.05, 3.63) is 95.1 Å². The van der Waals surface area contributed by atoms with Gasteiger partial charge in [0, 0.05) is 6.20 Å². The number of aromatic carboxylic acids is 2. The fourth-order valence-electron chi connectivity index (χ4n) is 4.77. The molecule has 0 bridgehead atoms. The van der Waals surface area contributed by atoms with E-state index in [1.165, 1.54) is 41.9 Å². The molecule has 0 amide bonds. The van der Waals surface area contributed by atoms with Gasteiger partial charge in [0.2, 0.25) is 0 Å². The molecule has 1 aliphatic carbocycles. The lowest BCUT2D eigenvalue weighted by atomic mass is 9.90. The predicted molar refractivity (Wildman–Crippen MR) is 145 cm³/mol. The van der Waals surface area contributed by atoms with E-state index in [2.05, 4.69) is 34.1 Å². The summed E-state index contributed by atoms with van der Waals surface area (Å²) in [4.78, 5) is 36.2. The lowest BCUT2D eigenvalue weighted by Crippen LogP contribution is -2.33. The minimum atomic E-state index is -1.06. The van der Waals surface area contributed by atoms with Crippen molar-refractivity contribution >= 4 is 23.0 Å². The van der Waals surface area contributed by atoms with E-state index in [4.69, 9.17) is 25.9 Å². The van der Waals surface area contributed by atoms with Crippen LogP contribution in [-0.2, 0) is 13.0 Å². The quantitative estimate of drug-likeness (QED) is 0.236. The maximum atomic E-state index is 10.3. The van der Waals surface area contributed by atoms with Gasteiger partial charge in [-0.05, 0) is 93.2 Å². The fraction of sp³-hybridized carbons (Fsp3) is 0.310. The van der Waals surface area contributed by atoms with Gasteiger partial charge in [-0.25, -0.2) is 14.6 Å². The Kier molecular flexibility index (Phi) is 9.18. The molecule has 2 aromatic heterocycles. The van der Waals surface area contributed by atoms with Crippen LogP contribution in [0.3, 0.4) is 0 Å². The molecular weight excluding hydrogens is 482 g/mol. The van der Waals surface area contributed by atoms with E-state index in [-0.39, 0.29) is 11.1 Å². The summed E-state index contributed by atoms with van der Waals surface area (Å²) >= 11 is 0. The number of aromatic amines is 1. The number of aryl methyl sites for hydroxylation is 1. The first-order valence-electron chi connectivity index (χ1n) is 12.8. The lowest BCUT2D eigenvalue weighted by molar-refractivity contribution is 0.0681. The predicted octanol–water partition coefficient (Wildman–Crippen LogP) is 4.66. The van der Waals surface area contributed by atoms with Crippen LogP contribution in [-0.4, -0.2) is 55.1 Å². The average molecular weight is 516 g/mol. The summed E-state index contributed by atoms with van der Waals surface area (Å²) in [5.41, 5.74) is 10.7. The molecule has 0 aliphatic heterocycles. The van der Waals surface area contributed by atoms with Gasteiger partial charge in [0.25, 0.3) is 0 Å². The Labute approximate surface area is 221 Å². The van der Waals surface area contributed by atoms with Crippen molar-refractivity contribution in [1.29, 1.82) is 0 Å². The van der Waals surface area contributed by atoms with Gasteiger partial charge in [-0.1, -0.05) is 18.2 Å². The number of H-pyrrole nitrogens is 1. The van der Waals surface area contributed by atoms with Crippen molar-refractivity contribution in [2.75, 3.05) is 13.1 Å². The molecule has 9 nitrogen and oxygen atoms in total. The third-order valence-electron chi connectivity index (χ3n) is 6.68. The van der Waals surface area contributed by atoms with Crippen LogP contribution in [0.2, 0.25) is 0 Å². The summed E-state index contributed by atoms with van der Waals surface area (Å²) in [6, 6.07) is 17.9. The molecule has 0 saturated carbocycles. The number of rotatable bonds is 9. The topological polar surface area (TPSA) is 145 Å². The second-order valence-electron chi connectivity index (χ2n) is 9.31. The van der Waals surface area contributed by atoms with E-state index >= 15 is 0 Å². The SMILES string of the molecule is NCCCCN(Cc1nc2ccccc2[nH]1)C1CCCc2cccnc21.O=C(O)c1ccc(C(=O)O)cc1. The molecule has 198 valence electrons. The van der Waals surface area contributed by atoms with Crippen molar-refractivity contribution in [1.82, 2.24) is 19.9 Å². The third-order valence-corrected chi connectivity index (χ3v) is 6.68. The molecular formula is C29H33N5O4. The number of aromatic nitrogens is 3. The number of unbranched alkanes of at least 4 members (excludes halogenated alkanes) is 1. The first kappa shape index (κ1) is 27.0. The number of para-hydroxylation sites is 2. The van der Waals surface area contributed by atoms with Gasteiger partial charge in [0.05, 0.1) is 40.4 Å². The van der Waals surface area contributed by atoms with E-state index in [0.717, 1.165) is 62.2 Å². The van der Waals surface area contributed by atoms with Crippen LogP contribution in [0.4, 0.5) is 0 Å². The highest BCUT2D eigenvalue weighted by Crippen LogP contribution is 2.33. The van der Waals surface area contributed by atoms with Crippen LogP contribution in [0.25, 0.3) is 11.0 Å². The van der Waals surface area contributed by atoms with Crippen molar-refractivity contribution in [3.8, 4) is 0 Å². The lowest BCUT2D eigenvalue weighted by Gasteiger charge is -2.34. The maximum Gasteiger partial charge on any atom is 0.335 e. The van der Waals surface area contributed by atoms with Gasteiger partial charge < -0.3 is 20.9 Å². The minimum absolute atomic E-state index is 0.0833. The summed E-state index contributed by atoms with van der Waals surface area (Å²) in [7, 11) is 0. The molecule has 9 heteroatoms. The van der Waals surface area contributed by atoms with Crippen LogP contribution in [0.5, 0.6) is 0 Å². The van der Waals surface area contributed by atoms with Crippen molar-refractivity contribution in [3.63, 3.8) is 0 Å². The zero-order chi connectivity index (χ0) is 26.9. The zero-order valence-corrected chi connectivity index (χ0v) is 21.2. The van der Waals surface area contributed by atoms with E-state index in [1.54, 1.807) is 0 Å². The summed E-state index contributed by atoms with van der Waals surface area (Å²) in [6.45, 7) is 2.59. The average Bonchev–Trinajstić information content (AvgIpc) is 3.35. The van der Waals surface area contributed by atoms with Gasteiger partial charge in [0.1, 0.15) is 5.82 Å². The molecule has 1 aliphatic rings. The van der Waals surface area contributed by atoms with E-state index in [1.807, 2.05) is 18.3 Å². The van der Waals surface area contributed by atoms with Crippen LogP contribution in [0, 0.1) is 0 Å². The largest absolute Gasteiger partial charge is 0.478 e. The van der Waals surface area contributed by atoms with E-state index < -0.39 is 11.9 Å². The summed E-state index contributed by atoms with van der Waals surface area (Å²) < 4.78 is 0. The number of carboxylic acid groups (broad SMARTS) is 2. The number of carbonyl (C=O) groups is 2. The van der Waals surface area contributed by atoms with Gasteiger partial charge in [-0.2, -0.15) is 0 Å². The number of pyridine rings is 1. The first-order valence-corrected chi connectivity index (χ1v) is 12.8. The Morgan fingerprint density at radius 3 is 2.34 bits per heavy atom. The highest BCUT2D eigenvalue weighted by atomic mass is 16.4. The van der Waals surface area contributed by atoms with Crippen LogP contribution >= 0.6 is 0 Å². The second kappa shape index (κ2) is 12.9. The van der Waals surface area contributed by atoms with Crippen LogP contribution in [0.15, 0.2) is 66.9 Å². The number of carboxylic acids is 2. The van der Waals surface area contributed by atoms with Crippen molar-refractivity contribution in [2.45, 2.75) is 44.7 Å². The summed E-state index contributed by atoms with van der Waals surface area (Å²) in [5.74, 6) is -1.10. The number of benzene rings is 2. The molecule has 5 N–H and O–H groups in total. The van der Waals surface area contributed by atoms with E-state index in [9.17, 15) is 9.59 Å². The fourth-order valence-corrected chi connectivity index (χ4v) is 4.77.